The maximum absolute atomic E-state index is 11.3. The molecule has 1 fully saturated rings. The zero-order valence-electron chi connectivity index (χ0n) is 8.38. The lowest BCUT2D eigenvalue weighted by Crippen LogP contribution is -2.37. The van der Waals surface area contributed by atoms with Gasteiger partial charge in [-0.25, -0.2) is 0 Å². The molecule has 74 valence electrons. The second-order valence-electron chi connectivity index (χ2n) is 3.61. The highest BCUT2D eigenvalue weighted by atomic mass is 16.5. The molecule has 0 N–H and O–H groups in total. The minimum Gasteiger partial charge on any atom is -0.468 e. The molecule has 3 heteroatoms. The van der Waals surface area contributed by atoms with Crippen LogP contribution in [0.15, 0.2) is 12.2 Å². The van der Waals surface area contributed by atoms with Gasteiger partial charge < -0.3 is 4.74 Å². The highest BCUT2D eigenvalue weighted by Crippen LogP contribution is 2.18. The van der Waals surface area contributed by atoms with Gasteiger partial charge in [0, 0.05) is 6.54 Å². The van der Waals surface area contributed by atoms with Gasteiger partial charge in [0.1, 0.15) is 6.04 Å². The molecule has 1 heterocycles. The lowest BCUT2D eigenvalue weighted by molar-refractivity contribution is -0.145. The number of hydrogen-bond donors (Lipinski definition) is 0. The van der Waals surface area contributed by atoms with Crippen LogP contribution in [-0.4, -0.2) is 37.1 Å². The molecule has 0 aromatic rings. The van der Waals surface area contributed by atoms with Crippen molar-refractivity contribution in [3.05, 3.63) is 12.2 Å². The van der Waals surface area contributed by atoms with Gasteiger partial charge in [0.05, 0.1) is 7.11 Å². The third-order valence-electron chi connectivity index (χ3n) is 2.31. The van der Waals surface area contributed by atoms with Crippen molar-refractivity contribution >= 4 is 5.97 Å². The van der Waals surface area contributed by atoms with Crippen molar-refractivity contribution in [1.29, 1.82) is 0 Å². The van der Waals surface area contributed by atoms with Crippen molar-refractivity contribution in [2.75, 3.05) is 20.2 Å². The number of esters is 1. The van der Waals surface area contributed by atoms with Crippen LogP contribution in [0.3, 0.4) is 0 Å². The average molecular weight is 183 g/mol. The van der Waals surface area contributed by atoms with Gasteiger partial charge in [-0.1, -0.05) is 12.2 Å². The van der Waals surface area contributed by atoms with Gasteiger partial charge >= 0.3 is 5.97 Å². The summed E-state index contributed by atoms with van der Waals surface area (Å²) < 4.78 is 4.74. The molecule has 0 aromatic heterocycles. The van der Waals surface area contributed by atoms with Crippen molar-refractivity contribution < 1.29 is 9.53 Å². The van der Waals surface area contributed by atoms with Gasteiger partial charge in [0.2, 0.25) is 0 Å². The van der Waals surface area contributed by atoms with Crippen molar-refractivity contribution in [2.45, 2.75) is 25.8 Å². The molecule has 1 rings (SSSR count). The van der Waals surface area contributed by atoms with Gasteiger partial charge in [-0.2, -0.15) is 0 Å². The van der Waals surface area contributed by atoms with Gasteiger partial charge in [-0.15, -0.1) is 0 Å². The van der Waals surface area contributed by atoms with Crippen LogP contribution in [0.25, 0.3) is 0 Å². The number of likely N-dealkylation sites (tertiary alicyclic amines) is 1. The second kappa shape index (κ2) is 4.42. The molecule has 0 saturated carbocycles. The van der Waals surface area contributed by atoms with Crippen LogP contribution < -0.4 is 0 Å². The van der Waals surface area contributed by atoms with Crippen LogP contribution in [0.5, 0.6) is 0 Å². The number of methoxy groups -OCH3 is 1. The molecule has 0 aromatic carbocycles. The molecule has 0 radical (unpaired) electrons. The Hall–Kier alpha value is -0.830. The lowest BCUT2D eigenvalue weighted by atomic mass is 10.2. The highest BCUT2D eigenvalue weighted by Gasteiger charge is 2.30. The Morgan fingerprint density at radius 3 is 2.92 bits per heavy atom. The molecule has 1 aliphatic rings. The summed E-state index contributed by atoms with van der Waals surface area (Å²) >= 11 is 0. The van der Waals surface area contributed by atoms with E-state index in [-0.39, 0.29) is 12.0 Å². The monoisotopic (exact) mass is 183 g/mol. The van der Waals surface area contributed by atoms with E-state index in [1.54, 1.807) is 0 Å². The van der Waals surface area contributed by atoms with E-state index in [2.05, 4.69) is 11.5 Å². The minimum atomic E-state index is -0.112. The first-order chi connectivity index (χ1) is 6.15. The SMILES string of the molecule is C=C(C)CN1CCCC1C(=O)OC. The smallest absolute Gasteiger partial charge is 0.323 e. The summed E-state index contributed by atoms with van der Waals surface area (Å²) in [5, 5.41) is 0. The van der Waals surface area contributed by atoms with E-state index in [1.807, 2.05) is 6.92 Å². The quantitative estimate of drug-likeness (QED) is 0.486. The fraction of sp³-hybridized carbons (Fsp3) is 0.700. The van der Waals surface area contributed by atoms with E-state index in [1.165, 1.54) is 7.11 Å². The van der Waals surface area contributed by atoms with E-state index in [4.69, 9.17) is 4.74 Å². The molecular formula is C10H17NO2. The zero-order chi connectivity index (χ0) is 9.84. The predicted molar refractivity (Wildman–Crippen MR) is 51.4 cm³/mol. The fourth-order valence-corrected chi connectivity index (χ4v) is 1.77. The van der Waals surface area contributed by atoms with Gasteiger partial charge in [-0.3, -0.25) is 9.69 Å². The summed E-state index contributed by atoms with van der Waals surface area (Å²) in [4.78, 5) is 13.4. The van der Waals surface area contributed by atoms with Crippen molar-refractivity contribution in [1.82, 2.24) is 4.90 Å². The molecule has 1 aliphatic heterocycles. The fourth-order valence-electron chi connectivity index (χ4n) is 1.77. The number of nitrogens with zero attached hydrogens (tertiary/aromatic N) is 1. The van der Waals surface area contributed by atoms with Crippen LogP contribution >= 0.6 is 0 Å². The first-order valence-corrected chi connectivity index (χ1v) is 4.61. The first kappa shape index (κ1) is 10.3. The molecule has 3 nitrogen and oxygen atoms in total. The Kier molecular flexibility index (Phi) is 3.48. The largest absolute Gasteiger partial charge is 0.468 e. The minimum absolute atomic E-state index is 0.0401. The number of carbonyl (C=O) groups is 1. The third-order valence-corrected chi connectivity index (χ3v) is 2.31. The topological polar surface area (TPSA) is 29.5 Å². The highest BCUT2D eigenvalue weighted by molar-refractivity contribution is 5.76. The summed E-state index contributed by atoms with van der Waals surface area (Å²) in [7, 11) is 1.44. The van der Waals surface area contributed by atoms with Crippen molar-refractivity contribution in [3.63, 3.8) is 0 Å². The Morgan fingerprint density at radius 2 is 2.38 bits per heavy atom. The summed E-state index contributed by atoms with van der Waals surface area (Å²) in [6.45, 7) is 7.61. The van der Waals surface area contributed by atoms with E-state index >= 15 is 0 Å². The van der Waals surface area contributed by atoms with Crippen LogP contribution in [0, 0.1) is 0 Å². The molecular weight excluding hydrogens is 166 g/mol. The van der Waals surface area contributed by atoms with Crippen LogP contribution in [0.1, 0.15) is 19.8 Å². The molecule has 0 spiro atoms. The molecule has 1 unspecified atom stereocenters. The Balaban J connectivity index is 2.53. The molecule has 0 aliphatic carbocycles. The van der Waals surface area contributed by atoms with E-state index in [0.717, 1.165) is 31.5 Å². The molecule has 13 heavy (non-hydrogen) atoms. The number of ether oxygens (including phenoxy) is 1. The van der Waals surface area contributed by atoms with Gasteiger partial charge in [0.25, 0.3) is 0 Å². The maximum atomic E-state index is 11.3. The summed E-state index contributed by atoms with van der Waals surface area (Å²) in [5.74, 6) is -0.112. The van der Waals surface area contributed by atoms with Crippen LogP contribution in [-0.2, 0) is 9.53 Å². The van der Waals surface area contributed by atoms with Crippen LogP contribution in [0.4, 0.5) is 0 Å². The van der Waals surface area contributed by atoms with E-state index in [9.17, 15) is 4.79 Å². The van der Waals surface area contributed by atoms with E-state index in [0.29, 0.717) is 0 Å². The normalized spacial score (nSPS) is 23.1. The number of carbonyl (C=O) groups excluding carboxylic acids is 1. The maximum Gasteiger partial charge on any atom is 0.323 e. The van der Waals surface area contributed by atoms with Gasteiger partial charge in [-0.05, 0) is 26.3 Å². The summed E-state index contributed by atoms with van der Waals surface area (Å²) in [6, 6.07) is -0.0401. The van der Waals surface area contributed by atoms with E-state index < -0.39 is 0 Å². The zero-order valence-corrected chi connectivity index (χ0v) is 8.38. The first-order valence-electron chi connectivity index (χ1n) is 4.61. The van der Waals surface area contributed by atoms with Crippen LogP contribution in [0.2, 0.25) is 0 Å². The Bertz CT molecular complexity index is 213. The number of rotatable bonds is 3. The van der Waals surface area contributed by atoms with Crippen molar-refractivity contribution in [2.24, 2.45) is 0 Å². The lowest BCUT2D eigenvalue weighted by Gasteiger charge is -2.21. The standard InChI is InChI=1S/C10H17NO2/c1-8(2)7-11-6-4-5-9(11)10(12)13-3/h9H,1,4-7H2,2-3H3. The number of hydrogen-bond acceptors (Lipinski definition) is 3. The summed E-state index contributed by atoms with van der Waals surface area (Å²) in [6.07, 6.45) is 1.99. The molecule has 0 bridgehead atoms. The Labute approximate surface area is 79.4 Å². The predicted octanol–water partition coefficient (Wildman–Crippen LogP) is 1.20. The Morgan fingerprint density at radius 1 is 1.69 bits per heavy atom. The molecule has 1 atom stereocenters. The molecule has 0 amide bonds. The summed E-state index contributed by atoms with van der Waals surface area (Å²) in [5.41, 5.74) is 1.09. The molecule has 1 saturated heterocycles. The second-order valence-corrected chi connectivity index (χ2v) is 3.61. The van der Waals surface area contributed by atoms with Crippen molar-refractivity contribution in [3.8, 4) is 0 Å². The third kappa shape index (κ3) is 2.56. The van der Waals surface area contributed by atoms with Gasteiger partial charge in [0.15, 0.2) is 0 Å². The average Bonchev–Trinajstić information content (AvgIpc) is 2.50.